The van der Waals surface area contributed by atoms with E-state index in [1.807, 2.05) is 12.3 Å². The number of amides is 1. The van der Waals surface area contributed by atoms with Gasteiger partial charge in [0.1, 0.15) is 6.04 Å². The number of primary amides is 1. The van der Waals surface area contributed by atoms with Crippen LogP contribution in [0.4, 0.5) is 0 Å². The molecule has 25 heavy (non-hydrogen) atoms. The lowest BCUT2D eigenvalue weighted by Gasteiger charge is -2.20. The van der Waals surface area contributed by atoms with Crippen LogP contribution in [0.3, 0.4) is 0 Å². The molecule has 0 aliphatic carbocycles. The van der Waals surface area contributed by atoms with Gasteiger partial charge in [0.2, 0.25) is 10.0 Å². The predicted molar refractivity (Wildman–Crippen MR) is 97.8 cm³/mol. The molecule has 0 spiro atoms. The van der Waals surface area contributed by atoms with Crippen LogP contribution >= 0.6 is 11.8 Å². The summed E-state index contributed by atoms with van der Waals surface area (Å²) in [6.45, 7) is 4.80. The minimum atomic E-state index is -3.92. The van der Waals surface area contributed by atoms with Crippen molar-refractivity contribution in [2.45, 2.75) is 44.2 Å². The van der Waals surface area contributed by atoms with Crippen LogP contribution in [0.2, 0.25) is 0 Å². The molecule has 9 heteroatoms. The Kier molecular flexibility index (Phi) is 7.91. The third-order valence-corrected chi connectivity index (χ3v) is 5.78. The fourth-order valence-electron chi connectivity index (χ4n) is 2.02. The first kappa shape index (κ1) is 21.5. The van der Waals surface area contributed by atoms with E-state index in [1.165, 1.54) is 18.7 Å². The monoisotopic (exact) mass is 388 g/mol. The first-order valence-corrected chi connectivity index (χ1v) is 10.5. The zero-order valence-corrected chi connectivity index (χ0v) is 16.4. The number of benzene rings is 1. The van der Waals surface area contributed by atoms with Crippen LogP contribution in [0.15, 0.2) is 23.1 Å². The second kappa shape index (κ2) is 9.21. The molecule has 0 unspecified atom stereocenters. The molecule has 0 aliphatic rings. The van der Waals surface area contributed by atoms with Gasteiger partial charge in [-0.15, -0.1) is 0 Å². The number of hydrogen-bond donors (Lipinski definition) is 2. The van der Waals surface area contributed by atoms with Gasteiger partial charge in [-0.25, -0.2) is 8.42 Å². The number of aryl methyl sites for hydroxylation is 2. The van der Waals surface area contributed by atoms with E-state index in [0.717, 1.165) is 5.56 Å². The number of nitrogens with one attached hydrogen (secondary N) is 1. The number of carbonyl (C=O) groups is 2. The van der Waals surface area contributed by atoms with Crippen molar-refractivity contribution in [1.29, 1.82) is 0 Å². The zero-order chi connectivity index (χ0) is 19.2. The standard InChI is InChI=1S/C16H24N2O5S2/c1-10-5-6-11(2)14(9-10)25(21,22)18-13(7-8-24-4)16(20)23-12(3)15(17)19/h5-6,9,12-13,18H,7-8H2,1-4H3,(H2,17,19)/t12-,13-/m1/s1. The van der Waals surface area contributed by atoms with Crippen molar-refractivity contribution in [2.75, 3.05) is 12.0 Å². The van der Waals surface area contributed by atoms with E-state index in [-0.39, 0.29) is 11.3 Å². The van der Waals surface area contributed by atoms with Gasteiger partial charge in [0.05, 0.1) is 4.90 Å². The topological polar surface area (TPSA) is 116 Å². The first-order valence-electron chi connectivity index (χ1n) is 7.66. The smallest absolute Gasteiger partial charge is 0.324 e. The van der Waals surface area contributed by atoms with Crippen LogP contribution in [0.25, 0.3) is 0 Å². The van der Waals surface area contributed by atoms with E-state index in [1.54, 1.807) is 26.0 Å². The highest BCUT2D eigenvalue weighted by Crippen LogP contribution is 2.18. The molecule has 0 heterocycles. The van der Waals surface area contributed by atoms with Crippen molar-refractivity contribution < 1.29 is 22.7 Å². The van der Waals surface area contributed by atoms with Crippen LogP contribution < -0.4 is 10.5 Å². The summed E-state index contributed by atoms with van der Waals surface area (Å²) in [5.41, 5.74) is 6.44. The number of nitrogens with two attached hydrogens (primary N) is 1. The number of carbonyl (C=O) groups excluding carboxylic acids is 2. The molecule has 0 radical (unpaired) electrons. The molecular weight excluding hydrogens is 364 g/mol. The Balaban J connectivity index is 3.05. The maximum absolute atomic E-state index is 12.7. The largest absolute Gasteiger partial charge is 0.451 e. The summed E-state index contributed by atoms with van der Waals surface area (Å²) in [5, 5.41) is 0. The van der Waals surface area contributed by atoms with Crippen molar-refractivity contribution in [2.24, 2.45) is 5.73 Å². The lowest BCUT2D eigenvalue weighted by atomic mass is 10.2. The normalized spacial score (nSPS) is 13.9. The molecule has 0 saturated heterocycles. The quantitative estimate of drug-likeness (QED) is 0.613. The van der Waals surface area contributed by atoms with Crippen LogP contribution in [0.1, 0.15) is 24.5 Å². The lowest BCUT2D eigenvalue weighted by Crippen LogP contribution is -2.44. The van der Waals surface area contributed by atoms with Gasteiger partial charge in [-0.3, -0.25) is 9.59 Å². The molecule has 1 amide bonds. The average molecular weight is 389 g/mol. The van der Waals surface area contributed by atoms with Crippen LogP contribution in [0, 0.1) is 13.8 Å². The van der Waals surface area contributed by atoms with E-state index in [2.05, 4.69) is 4.72 Å². The summed E-state index contributed by atoms with van der Waals surface area (Å²) in [6.07, 6.45) is 0.943. The minimum Gasteiger partial charge on any atom is -0.451 e. The summed E-state index contributed by atoms with van der Waals surface area (Å²) in [6, 6.07) is 3.95. The van der Waals surface area contributed by atoms with Crippen molar-refractivity contribution in [3.63, 3.8) is 0 Å². The van der Waals surface area contributed by atoms with Gasteiger partial charge >= 0.3 is 5.97 Å². The zero-order valence-electron chi connectivity index (χ0n) is 14.7. The van der Waals surface area contributed by atoms with Gasteiger partial charge in [-0.2, -0.15) is 16.5 Å². The van der Waals surface area contributed by atoms with E-state index < -0.39 is 34.0 Å². The molecule has 0 saturated carbocycles. The Morgan fingerprint density at radius 3 is 2.52 bits per heavy atom. The average Bonchev–Trinajstić information content (AvgIpc) is 2.53. The molecule has 0 aromatic heterocycles. The summed E-state index contributed by atoms with van der Waals surface area (Å²) in [5.74, 6) is -1.08. The number of ether oxygens (including phenoxy) is 1. The molecule has 0 bridgehead atoms. The third-order valence-electron chi connectivity index (χ3n) is 3.52. The van der Waals surface area contributed by atoms with E-state index in [4.69, 9.17) is 10.5 Å². The maximum atomic E-state index is 12.7. The van der Waals surface area contributed by atoms with Crippen LogP contribution in [0.5, 0.6) is 0 Å². The molecule has 2 atom stereocenters. The summed E-state index contributed by atoms with van der Waals surface area (Å²) >= 11 is 1.47. The Labute approximate surface area is 152 Å². The summed E-state index contributed by atoms with van der Waals surface area (Å²) < 4.78 is 32.7. The highest BCUT2D eigenvalue weighted by molar-refractivity contribution is 7.98. The van der Waals surface area contributed by atoms with Gasteiger partial charge in [0.15, 0.2) is 6.10 Å². The fourth-order valence-corrected chi connectivity index (χ4v) is 4.04. The first-order chi connectivity index (χ1) is 11.6. The molecule has 3 N–H and O–H groups in total. The number of rotatable bonds is 9. The Bertz CT molecular complexity index is 734. The van der Waals surface area contributed by atoms with E-state index >= 15 is 0 Å². The molecule has 1 rings (SSSR count). The second-order valence-electron chi connectivity index (χ2n) is 5.71. The van der Waals surface area contributed by atoms with Crippen molar-refractivity contribution in [3.05, 3.63) is 29.3 Å². The van der Waals surface area contributed by atoms with Crippen molar-refractivity contribution >= 4 is 33.7 Å². The van der Waals surface area contributed by atoms with E-state index in [9.17, 15) is 18.0 Å². The summed E-state index contributed by atoms with van der Waals surface area (Å²) in [4.78, 5) is 23.4. The molecular formula is C16H24N2O5S2. The van der Waals surface area contributed by atoms with Gasteiger partial charge in [-0.05, 0) is 56.4 Å². The molecule has 1 aromatic rings. The second-order valence-corrected chi connectivity index (χ2v) is 8.37. The summed E-state index contributed by atoms with van der Waals surface area (Å²) in [7, 11) is -3.92. The van der Waals surface area contributed by atoms with Gasteiger partial charge in [0.25, 0.3) is 5.91 Å². The molecule has 7 nitrogen and oxygen atoms in total. The minimum absolute atomic E-state index is 0.109. The van der Waals surface area contributed by atoms with Crippen molar-refractivity contribution in [3.8, 4) is 0 Å². The number of thioether (sulfide) groups is 1. The van der Waals surface area contributed by atoms with Gasteiger partial charge in [-0.1, -0.05) is 12.1 Å². The predicted octanol–water partition coefficient (Wildman–Crippen LogP) is 1.12. The fraction of sp³-hybridized carbons (Fsp3) is 0.500. The van der Waals surface area contributed by atoms with Crippen LogP contribution in [-0.4, -0.2) is 44.4 Å². The number of esters is 1. The Morgan fingerprint density at radius 2 is 1.96 bits per heavy atom. The molecule has 0 aliphatic heterocycles. The lowest BCUT2D eigenvalue weighted by molar-refractivity contribution is -0.155. The molecule has 0 fully saturated rings. The molecule has 1 aromatic carbocycles. The third kappa shape index (κ3) is 6.33. The highest BCUT2D eigenvalue weighted by atomic mass is 32.2. The maximum Gasteiger partial charge on any atom is 0.324 e. The SMILES string of the molecule is CSCC[C@@H](NS(=O)(=O)c1cc(C)ccc1C)C(=O)O[C@H](C)C(N)=O. The number of hydrogen-bond acceptors (Lipinski definition) is 6. The van der Waals surface area contributed by atoms with Crippen molar-refractivity contribution in [1.82, 2.24) is 4.72 Å². The van der Waals surface area contributed by atoms with Gasteiger partial charge < -0.3 is 10.5 Å². The Hall–Kier alpha value is -1.58. The molecule has 140 valence electrons. The highest BCUT2D eigenvalue weighted by Gasteiger charge is 2.29. The Morgan fingerprint density at radius 1 is 1.32 bits per heavy atom. The number of sulfonamides is 1. The van der Waals surface area contributed by atoms with Gasteiger partial charge in [0, 0.05) is 0 Å². The van der Waals surface area contributed by atoms with Crippen LogP contribution in [-0.2, 0) is 24.3 Å². The van der Waals surface area contributed by atoms with E-state index in [0.29, 0.717) is 11.3 Å².